The highest BCUT2D eigenvalue weighted by Gasteiger charge is 2.39. The third-order valence-electron chi connectivity index (χ3n) is 4.50. The summed E-state index contributed by atoms with van der Waals surface area (Å²) in [6.07, 6.45) is 0.807. The Labute approximate surface area is 166 Å². The molecule has 1 saturated carbocycles. The molecular weight excluding hydrogens is 380 g/mol. The molecule has 29 heavy (non-hydrogen) atoms. The van der Waals surface area contributed by atoms with Gasteiger partial charge in [0.15, 0.2) is 23.9 Å². The molecule has 2 aromatic rings. The average Bonchev–Trinajstić information content (AvgIpc) is 3.41. The number of esters is 1. The Balaban J connectivity index is 1.84. The van der Waals surface area contributed by atoms with Crippen LogP contribution in [-0.2, 0) is 16.1 Å². The van der Waals surface area contributed by atoms with Crippen LogP contribution in [0.25, 0.3) is 0 Å². The first kappa shape index (κ1) is 20.1. The van der Waals surface area contributed by atoms with Crippen molar-refractivity contribution in [3.63, 3.8) is 0 Å². The number of anilines is 3. The Kier molecular flexibility index (Phi) is 5.66. The smallest absolute Gasteiger partial charge is 0.340 e. The molecule has 1 aromatic carbocycles. The van der Waals surface area contributed by atoms with E-state index in [4.69, 9.17) is 25.7 Å². The highest BCUT2D eigenvalue weighted by atomic mass is 16.5. The van der Waals surface area contributed by atoms with Gasteiger partial charge in [-0.25, -0.2) is 4.79 Å². The highest BCUT2D eigenvalue weighted by Crippen LogP contribution is 2.40. The number of hydrogen-bond acceptors (Lipinski definition) is 10. The van der Waals surface area contributed by atoms with Gasteiger partial charge in [-0.15, -0.1) is 0 Å². The zero-order valence-electron chi connectivity index (χ0n) is 16.3. The van der Waals surface area contributed by atoms with Crippen molar-refractivity contribution < 1.29 is 23.8 Å². The zero-order valence-corrected chi connectivity index (χ0v) is 16.3. The standard InChI is InChI=1S/C18H22N6O5/c1-8-4-9(8)15(25)21-11-6-13(28-3)12(27-2)5-10(11)16(26)29-7-14-22-17(19)24-18(20)23-14/h5-6,8-9H,4,7H2,1-3H3,(H,21,25)(H4,19,20,22,23,24). The summed E-state index contributed by atoms with van der Waals surface area (Å²) in [7, 11) is 2.90. The fraction of sp³-hybridized carbons (Fsp3) is 0.389. The average molecular weight is 402 g/mol. The second-order valence-electron chi connectivity index (χ2n) is 6.61. The summed E-state index contributed by atoms with van der Waals surface area (Å²) in [5.74, 6) is -0.0523. The predicted octanol–water partition coefficient (Wildman–Crippen LogP) is 1.00. The number of amides is 1. The lowest BCUT2D eigenvalue weighted by Crippen LogP contribution is -2.18. The maximum Gasteiger partial charge on any atom is 0.340 e. The summed E-state index contributed by atoms with van der Waals surface area (Å²) >= 11 is 0. The Bertz CT molecular complexity index is 930. The van der Waals surface area contributed by atoms with Crippen molar-refractivity contribution in [1.29, 1.82) is 0 Å². The lowest BCUT2D eigenvalue weighted by atomic mass is 10.1. The van der Waals surface area contributed by atoms with Crippen LogP contribution in [0.2, 0.25) is 0 Å². The lowest BCUT2D eigenvalue weighted by Gasteiger charge is -2.15. The minimum absolute atomic E-state index is 0.0804. The molecule has 1 aromatic heterocycles. The number of hydrogen-bond donors (Lipinski definition) is 3. The van der Waals surface area contributed by atoms with E-state index in [2.05, 4.69) is 20.3 Å². The molecule has 1 aliphatic rings. The van der Waals surface area contributed by atoms with Gasteiger partial charge in [-0.2, -0.15) is 15.0 Å². The molecule has 0 aliphatic heterocycles. The van der Waals surface area contributed by atoms with Gasteiger partial charge in [0.25, 0.3) is 0 Å². The topological polar surface area (TPSA) is 165 Å². The molecule has 0 saturated heterocycles. The molecule has 0 radical (unpaired) electrons. The van der Waals surface area contributed by atoms with E-state index in [-0.39, 0.29) is 47.4 Å². The third-order valence-corrected chi connectivity index (χ3v) is 4.50. The third kappa shape index (κ3) is 4.62. The Morgan fingerprint density at radius 2 is 1.69 bits per heavy atom. The Morgan fingerprint density at radius 3 is 2.24 bits per heavy atom. The highest BCUT2D eigenvalue weighted by molar-refractivity contribution is 6.03. The van der Waals surface area contributed by atoms with Gasteiger partial charge in [-0.05, 0) is 12.3 Å². The van der Waals surface area contributed by atoms with Crippen LogP contribution >= 0.6 is 0 Å². The number of ether oxygens (including phenoxy) is 3. The van der Waals surface area contributed by atoms with E-state index >= 15 is 0 Å². The van der Waals surface area contributed by atoms with E-state index in [1.54, 1.807) is 0 Å². The monoisotopic (exact) mass is 402 g/mol. The summed E-state index contributed by atoms with van der Waals surface area (Å²) in [4.78, 5) is 36.4. The Morgan fingerprint density at radius 1 is 1.10 bits per heavy atom. The fourth-order valence-corrected chi connectivity index (χ4v) is 2.79. The molecule has 1 amide bonds. The van der Waals surface area contributed by atoms with Gasteiger partial charge in [0.05, 0.1) is 25.5 Å². The van der Waals surface area contributed by atoms with Crippen LogP contribution < -0.4 is 26.3 Å². The van der Waals surface area contributed by atoms with Crippen LogP contribution in [-0.4, -0.2) is 41.0 Å². The van der Waals surface area contributed by atoms with Crippen LogP contribution in [0.1, 0.15) is 29.5 Å². The van der Waals surface area contributed by atoms with Crippen molar-refractivity contribution in [3.05, 3.63) is 23.5 Å². The second-order valence-corrected chi connectivity index (χ2v) is 6.61. The predicted molar refractivity (Wildman–Crippen MR) is 103 cm³/mol. The molecule has 1 heterocycles. The van der Waals surface area contributed by atoms with Gasteiger partial charge < -0.3 is 31.0 Å². The number of methoxy groups -OCH3 is 2. The van der Waals surface area contributed by atoms with Gasteiger partial charge in [-0.3, -0.25) is 4.79 Å². The number of nitrogens with two attached hydrogens (primary N) is 2. The molecule has 0 bridgehead atoms. The van der Waals surface area contributed by atoms with Crippen molar-refractivity contribution in [3.8, 4) is 11.5 Å². The number of rotatable bonds is 7. The van der Waals surface area contributed by atoms with Crippen LogP contribution in [0.3, 0.4) is 0 Å². The second kappa shape index (κ2) is 8.17. The normalized spacial score (nSPS) is 17.3. The molecule has 2 atom stereocenters. The van der Waals surface area contributed by atoms with Crippen LogP contribution in [0, 0.1) is 11.8 Å². The number of carbonyl (C=O) groups is 2. The first-order valence-corrected chi connectivity index (χ1v) is 8.82. The van der Waals surface area contributed by atoms with E-state index < -0.39 is 5.97 Å². The van der Waals surface area contributed by atoms with Crippen molar-refractivity contribution >= 4 is 29.5 Å². The molecule has 11 nitrogen and oxygen atoms in total. The maximum absolute atomic E-state index is 12.7. The SMILES string of the molecule is COc1cc(NC(=O)C2CC2C)c(C(=O)OCc2nc(N)nc(N)n2)cc1OC. The molecular formula is C18H22N6O5. The molecule has 0 spiro atoms. The minimum Gasteiger partial charge on any atom is -0.493 e. The summed E-state index contributed by atoms with van der Waals surface area (Å²) in [6.45, 7) is 1.71. The molecule has 5 N–H and O–H groups in total. The number of nitrogens with zero attached hydrogens (tertiary/aromatic N) is 3. The number of carbonyl (C=O) groups excluding carboxylic acids is 2. The summed E-state index contributed by atoms with van der Waals surface area (Å²) in [5.41, 5.74) is 11.4. The molecule has 2 unspecified atom stereocenters. The maximum atomic E-state index is 12.7. The van der Waals surface area contributed by atoms with Gasteiger partial charge in [-0.1, -0.05) is 6.92 Å². The number of nitrogens with one attached hydrogen (secondary N) is 1. The molecule has 11 heteroatoms. The lowest BCUT2D eigenvalue weighted by molar-refractivity contribution is -0.117. The Hall–Kier alpha value is -3.63. The molecule has 154 valence electrons. The number of benzene rings is 1. The van der Waals surface area contributed by atoms with Gasteiger partial charge in [0.1, 0.15) is 0 Å². The van der Waals surface area contributed by atoms with E-state index in [0.717, 1.165) is 6.42 Å². The van der Waals surface area contributed by atoms with E-state index in [1.807, 2.05) is 6.92 Å². The van der Waals surface area contributed by atoms with Gasteiger partial charge in [0.2, 0.25) is 17.8 Å². The van der Waals surface area contributed by atoms with E-state index in [9.17, 15) is 9.59 Å². The van der Waals surface area contributed by atoms with Crippen molar-refractivity contribution in [2.24, 2.45) is 11.8 Å². The fourth-order valence-electron chi connectivity index (χ4n) is 2.79. The first-order valence-electron chi connectivity index (χ1n) is 8.82. The summed E-state index contributed by atoms with van der Waals surface area (Å²) in [5, 5.41) is 2.77. The summed E-state index contributed by atoms with van der Waals surface area (Å²) < 4.78 is 15.8. The van der Waals surface area contributed by atoms with E-state index in [0.29, 0.717) is 17.4 Å². The molecule has 3 rings (SSSR count). The quantitative estimate of drug-likeness (QED) is 0.569. The van der Waals surface area contributed by atoms with Crippen LogP contribution in [0.5, 0.6) is 11.5 Å². The van der Waals surface area contributed by atoms with Crippen molar-refractivity contribution in [2.45, 2.75) is 20.0 Å². The van der Waals surface area contributed by atoms with Crippen molar-refractivity contribution in [1.82, 2.24) is 15.0 Å². The number of nitrogen functional groups attached to an aromatic ring is 2. The van der Waals surface area contributed by atoms with E-state index in [1.165, 1.54) is 26.4 Å². The zero-order chi connectivity index (χ0) is 21.1. The van der Waals surface area contributed by atoms with Gasteiger partial charge >= 0.3 is 5.97 Å². The van der Waals surface area contributed by atoms with Crippen LogP contribution in [0.15, 0.2) is 12.1 Å². The minimum atomic E-state index is -0.720. The van der Waals surface area contributed by atoms with Crippen molar-refractivity contribution in [2.75, 3.05) is 31.0 Å². The number of aromatic nitrogens is 3. The van der Waals surface area contributed by atoms with Crippen LogP contribution in [0.4, 0.5) is 17.6 Å². The first-order chi connectivity index (χ1) is 13.8. The molecule has 1 fully saturated rings. The van der Waals surface area contributed by atoms with Gasteiger partial charge in [0, 0.05) is 18.1 Å². The molecule has 1 aliphatic carbocycles. The largest absolute Gasteiger partial charge is 0.493 e. The summed E-state index contributed by atoms with van der Waals surface area (Å²) in [6, 6.07) is 2.95.